The molecule has 0 fully saturated rings. The largest absolute Gasteiger partial charge is 0.409 e. The van der Waals surface area contributed by atoms with E-state index in [1.54, 1.807) is 0 Å². The molecule has 0 saturated carbocycles. The summed E-state index contributed by atoms with van der Waals surface area (Å²) in [5, 5.41) is 15.5. The van der Waals surface area contributed by atoms with Gasteiger partial charge < -0.3 is 16.3 Å². The molecule has 1 aromatic rings. The fourth-order valence-electron chi connectivity index (χ4n) is 2.26. The lowest BCUT2D eigenvalue weighted by Gasteiger charge is -2.21. The molecule has 0 aromatic heterocycles. The van der Waals surface area contributed by atoms with Crippen LogP contribution in [-0.2, 0) is 0 Å². The molecule has 0 saturated heterocycles. The minimum Gasteiger partial charge on any atom is -0.409 e. The first-order valence-electron chi connectivity index (χ1n) is 6.80. The average Bonchev–Trinajstić information content (AvgIpc) is 2.39. The molecule has 0 spiro atoms. The SMILES string of the molecule is CC(C)CC(C)NCC(C(N)=NO)c1ccccc1. The second-order valence-corrected chi connectivity index (χ2v) is 5.43. The van der Waals surface area contributed by atoms with Gasteiger partial charge in [-0.1, -0.05) is 49.3 Å². The molecule has 0 heterocycles. The van der Waals surface area contributed by atoms with Crippen LogP contribution in [0.5, 0.6) is 0 Å². The molecule has 0 amide bonds. The highest BCUT2D eigenvalue weighted by molar-refractivity contribution is 5.87. The Labute approximate surface area is 115 Å². The third-order valence-electron chi connectivity index (χ3n) is 3.17. The highest BCUT2D eigenvalue weighted by Crippen LogP contribution is 2.15. The number of amidine groups is 1. The van der Waals surface area contributed by atoms with Crippen molar-refractivity contribution in [2.45, 2.75) is 39.2 Å². The van der Waals surface area contributed by atoms with E-state index >= 15 is 0 Å². The monoisotopic (exact) mass is 263 g/mol. The minimum atomic E-state index is -0.0965. The smallest absolute Gasteiger partial charge is 0.147 e. The second-order valence-electron chi connectivity index (χ2n) is 5.43. The van der Waals surface area contributed by atoms with E-state index in [1.807, 2.05) is 30.3 Å². The van der Waals surface area contributed by atoms with Gasteiger partial charge in [0.25, 0.3) is 0 Å². The molecule has 4 nitrogen and oxygen atoms in total. The molecule has 0 aliphatic rings. The van der Waals surface area contributed by atoms with Crippen LogP contribution < -0.4 is 11.1 Å². The molecule has 19 heavy (non-hydrogen) atoms. The minimum absolute atomic E-state index is 0.0965. The lowest BCUT2D eigenvalue weighted by atomic mass is 9.97. The van der Waals surface area contributed by atoms with Crippen LogP contribution in [0, 0.1) is 5.92 Å². The van der Waals surface area contributed by atoms with E-state index in [0.29, 0.717) is 18.5 Å². The first-order chi connectivity index (χ1) is 9.04. The molecular weight excluding hydrogens is 238 g/mol. The lowest BCUT2D eigenvalue weighted by molar-refractivity contribution is 0.315. The van der Waals surface area contributed by atoms with Gasteiger partial charge in [-0.2, -0.15) is 0 Å². The maximum Gasteiger partial charge on any atom is 0.147 e. The van der Waals surface area contributed by atoms with Gasteiger partial charge >= 0.3 is 0 Å². The highest BCUT2D eigenvalue weighted by atomic mass is 16.4. The summed E-state index contributed by atoms with van der Waals surface area (Å²) in [5.74, 6) is 0.804. The molecule has 0 aliphatic carbocycles. The molecule has 2 atom stereocenters. The number of benzene rings is 1. The van der Waals surface area contributed by atoms with E-state index in [-0.39, 0.29) is 11.8 Å². The molecule has 0 aliphatic heterocycles. The maximum atomic E-state index is 8.91. The first kappa shape index (κ1) is 15.5. The maximum absolute atomic E-state index is 8.91. The van der Waals surface area contributed by atoms with Gasteiger partial charge in [-0.3, -0.25) is 0 Å². The predicted octanol–water partition coefficient (Wildman–Crippen LogP) is 2.54. The van der Waals surface area contributed by atoms with Crippen LogP contribution in [-0.4, -0.2) is 23.6 Å². The Morgan fingerprint density at radius 3 is 2.42 bits per heavy atom. The quantitative estimate of drug-likeness (QED) is 0.306. The van der Waals surface area contributed by atoms with E-state index in [1.165, 1.54) is 0 Å². The summed E-state index contributed by atoms with van der Waals surface area (Å²) in [4.78, 5) is 0. The van der Waals surface area contributed by atoms with Crippen molar-refractivity contribution in [3.05, 3.63) is 35.9 Å². The fraction of sp³-hybridized carbons (Fsp3) is 0.533. The van der Waals surface area contributed by atoms with Crippen molar-refractivity contribution in [3.8, 4) is 0 Å². The van der Waals surface area contributed by atoms with Crippen molar-refractivity contribution in [2.75, 3.05) is 6.54 Å². The summed E-state index contributed by atoms with van der Waals surface area (Å²) in [6.07, 6.45) is 1.11. The highest BCUT2D eigenvalue weighted by Gasteiger charge is 2.17. The Kier molecular flexibility index (Phi) is 6.36. The van der Waals surface area contributed by atoms with Crippen LogP contribution >= 0.6 is 0 Å². The summed E-state index contributed by atoms with van der Waals surface area (Å²) in [6, 6.07) is 10.3. The van der Waals surface area contributed by atoms with Crippen LogP contribution in [0.2, 0.25) is 0 Å². The van der Waals surface area contributed by atoms with E-state index < -0.39 is 0 Å². The van der Waals surface area contributed by atoms with Gasteiger partial charge in [0, 0.05) is 12.6 Å². The Morgan fingerprint density at radius 1 is 1.26 bits per heavy atom. The van der Waals surface area contributed by atoms with Crippen molar-refractivity contribution < 1.29 is 5.21 Å². The molecule has 1 aromatic carbocycles. The zero-order chi connectivity index (χ0) is 14.3. The number of nitrogens with two attached hydrogens (primary N) is 1. The van der Waals surface area contributed by atoms with E-state index in [4.69, 9.17) is 10.9 Å². The van der Waals surface area contributed by atoms with Gasteiger partial charge in [0.2, 0.25) is 0 Å². The number of hydrogen-bond donors (Lipinski definition) is 3. The Balaban J connectivity index is 2.67. The lowest BCUT2D eigenvalue weighted by Crippen LogP contribution is -2.36. The van der Waals surface area contributed by atoms with E-state index in [0.717, 1.165) is 12.0 Å². The standard InChI is InChI=1S/C15H25N3O/c1-11(2)9-12(3)17-10-14(15(16)18-19)13-7-5-4-6-8-13/h4-8,11-12,14,17,19H,9-10H2,1-3H3,(H2,16,18). The summed E-state index contributed by atoms with van der Waals surface area (Å²) in [5.41, 5.74) is 6.85. The number of nitrogens with one attached hydrogen (secondary N) is 1. The van der Waals surface area contributed by atoms with Gasteiger partial charge in [-0.15, -0.1) is 0 Å². The average molecular weight is 263 g/mol. The molecule has 0 radical (unpaired) electrons. The topological polar surface area (TPSA) is 70.6 Å². The number of nitrogens with zero attached hydrogens (tertiary/aromatic N) is 1. The number of rotatable bonds is 7. The Hall–Kier alpha value is -1.55. The third-order valence-corrected chi connectivity index (χ3v) is 3.17. The normalized spacial score (nSPS) is 15.5. The Bertz CT molecular complexity index is 390. The van der Waals surface area contributed by atoms with Crippen LogP contribution in [0.25, 0.3) is 0 Å². The summed E-state index contributed by atoms with van der Waals surface area (Å²) >= 11 is 0. The fourth-order valence-corrected chi connectivity index (χ4v) is 2.26. The molecule has 0 bridgehead atoms. The number of hydrogen-bond acceptors (Lipinski definition) is 3. The van der Waals surface area contributed by atoms with Gasteiger partial charge in [0.05, 0.1) is 5.92 Å². The van der Waals surface area contributed by atoms with Crippen molar-refractivity contribution in [1.82, 2.24) is 5.32 Å². The summed E-state index contributed by atoms with van der Waals surface area (Å²) in [7, 11) is 0. The molecular formula is C15H25N3O. The van der Waals surface area contributed by atoms with E-state index in [2.05, 4.69) is 31.2 Å². The van der Waals surface area contributed by atoms with Crippen molar-refractivity contribution in [1.29, 1.82) is 0 Å². The van der Waals surface area contributed by atoms with Crippen LogP contribution in [0.4, 0.5) is 0 Å². The molecule has 4 N–H and O–H groups in total. The zero-order valence-corrected chi connectivity index (χ0v) is 12.0. The Morgan fingerprint density at radius 2 is 1.89 bits per heavy atom. The number of oxime groups is 1. The van der Waals surface area contributed by atoms with E-state index in [9.17, 15) is 0 Å². The van der Waals surface area contributed by atoms with Gasteiger partial charge in [-0.05, 0) is 24.8 Å². The summed E-state index contributed by atoms with van der Waals surface area (Å²) < 4.78 is 0. The molecule has 106 valence electrons. The zero-order valence-electron chi connectivity index (χ0n) is 12.0. The molecule has 1 rings (SSSR count). The molecule has 4 heteroatoms. The van der Waals surface area contributed by atoms with Crippen molar-refractivity contribution >= 4 is 5.84 Å². The second kappa shape index (κ2) is 7.79. The molecule has 2 unspecified atom stereocenters. The third kappa shape index (κ3) is 5.30. The van der Waals surface area contributed by atoms with Crippen molar-refractivity contribution in [3.63, 3.8) is 0 Å². The first-order valence-corrected chi connectivity index (χ1v) is 6.80. The predicted molar refractivity (Wildman–Crippen MR) is 79.5 cm³/mol. The van der Waals surface area contributed by atoms with Crippen LogP contribution in [0.3, 0.4) is 0 Å². The van der Waals surface area contributed by atoms with Crippen molar-refractivity contribution in [2.24, 2.45) is 16.8 Å². The van der Waals surface area contributed by atoms with Crippen LogP contribution in [0.1, 0.15) is 38.7 Å². The van der Waals surface area contributed by atoms with Gasteiger partial charge in [0.1, 0.15) is 5.84 Å². The van der Waals surface area contributed by atoms with Gasteiger partial charge in [-0.25, -0.2) is 0 Å². The summed E-state index contributed by atoms with van der Waals surface area (Å²) in [6.45, 7) is 7.24. The van der Waals surface area contributed by atoms with Crippen LogP contribution in [0.15, 0.2) is 35.5 Å². The van der Waals surface area contributed by atoms with Gasteiger partial charge in [0.15, 0.2) is 0 Å².